The summed E-state index contributed by atoms with van der Waals surface area (Å²) in [7, 11) is 0. The van der Waals surface area contributed by atoms with Crippen LogP contribution in [0, 0.1) is 0 Å². The summed E-state index contributed by atoms with van der Waals surface area (Å²) in [5.74, 6) is 0. The van der Waals surface area contributed by atoms with Gasteiger partial charge in [-0.1, -0.05) is 0 Å². The molecule has 1 heterocycles. The number of likely N-dealkylation sites (tertiary alicyclic amines) is 1. The Balaban J connectivity index is 2.48. The summed E-state index contributed by atoms with van der Waals surface area (Å²) in [4.78, 5) is 2.06. The van der Waals surface area contributed by atoms with E-state index in [-0.39, 0.29) is 24.4 Å². The first-order chi connectivity index (χ1) is 7.90. The zero-order valence-corrected chi connectivity index (χ0v) is 11.7. The number of hydrogen-bond acceptors (Lipinski definition) is 4. The van der Waals surface area contributed by atoms with Crippen LogP contribution in [0.25, 0.3) is 0 Å². The third-order valence-electron chi connectivity index (χ3n) is 2.98. The Morgan fingerprint density at radius 1 is 1.18 bits per heavy atom. The van der Waals surface area contributed by atoms with Gasteiger partial charge in [-0.3, -0.25) is 4.90 Å². The molecule has 102 valence electrons. The fourth-order valence-corrected chi connectivity index (χ4v) is 2.31. The molecule has 0 saturated carbocycles. The Hall–Kier alpha value is -0.160. The second-order valence-electron chi connectivity index (χ2n) is 5.41. The molecule has 1 aliphatic heterocycles. The Labute approximate surface area is 105 Å². The van der Waals surface area contributed by atoms with Crippen LogP contribution in [0.5, 0.6) is 0 Å². The molecule has 1 rings (SSSR count). The molecule has 1 fully saturated rings. The molecule has 0 amide bonds. The highest BCUT2D eigenvalue weighted by Gasteiger charge is 2.35. The second-order valence-corrected chi connectivity index (χ2v) is 5.41. The number of nitrogens with zero attached hydrogens (tertiary/aromatic N) is 1. The first-order valence-corrected chi connectivity index (χ1v) is 6.61. The van der Waals surface area contributed by atoms with Crippen LogP contribution in [0.15, 0.2) is 0 Å². The SMILES string of the molecule is CC(C)OC[C@@H]1C[C@@H](OC(C)C)CN1C(C)O. The average molecular weight is 245 g/mol. The van der Waals surface area contributed by atoms with Crippen molar-refractivity contribution in [3.63, 3.8) is 0 Å². The fourth-order valence-electron chi connectivity index (χ4n) is 2.31. The molecule has 0 aromatic rings. The quantitative estimate of drug-likeness (QED) is 0.772. The van der Waals surface area contributed by atoms with Crippen molar-refractivity contribution in [3.05, 3.63) is 0 Å². The van der Waals surface area contributed by atoms with Gasteiger partial charge >= 0.3 is 0 Å². The Morgan fingerprint density at radius 3 is 2.29 bits per heavy atom. The van der Waals surface area contributed by atoms with E-state index in [1.165, 1.54) is 0 Å². The van der Waals surface area contributed by atoms with Gasteiger partial charge in [-0.2, -0.15) is 0 Å². The Morgan fingerprint density at radius 2 is 1.82 bits per heavy atom. The summed E-state index contributed by atoms with van der Waals surface area (Å²) in [6.07, 6.45) is 1.19. The Bertz CT molecular complexity index is 219. The van der Waals surface area contributed by atoms with Gasteiger partial charge in [-0.15, -0.1) is 0 Å². The molecule has 3 atom stereocenters. The molecule has 4 nitrogen and oxygen atoms in total. The smallest absolute Gasteiger partial charge is 0.104 e. The van der Waals surface area contributed by atoms with Crippen LogP contribution < -0.4 is 0 Å². The van der Waals surface area contributed by atoms with Gasteiger partial charge in [0.1, 0.15) is 6.23 Å². The average Bonchev–Trinajstić information content (AvgIpc) is 2.57. The maximum atomic E-state index is 9.75. The van der Waals surface area contributed by atoms with Crippen molar-refractivity contribution in [1.29, 1.82) is 0 Å². The van der Waals surface area contributed by atoms with Crippen molar-refractivity contribution < 1.29 is 14.6 Å². The van der Waals surface area contributed by atoms with Crippen LogP contribution in [0.1, 0.15) is 41.0 Å². The summed E-state index contributed by atoms with van der Waals surface area (Å²) in [6, 6.07) is 0.265. The van der Waals surface area contributed by atoms with Crippen molar-refractivity contribution in [2.24, 2.45) is 0 Å². The van der Waals surface area contributed by atoms with Crippen LogP contribution in [0.4, 0.5) is 0 Å². The van der Waals surface area contributed by atoms with E-state index in [4.69, 9.17) is 9.47 Å². The van der Waals surface area contributed by atoms with Gasteiger partial charge in [0.15, 0.2) is 0 Å². The van der Waals surface area contributed by atoms with E-state index in [0.717, 1.165) is 13.0 Å². The van der Waals surface area contributed by atoms with Crippen LogP contribution in [0.3, 0.4) is 0 Å². The van der Waals surface area contributed by atoms with Crippen LogP contribution in [0.2, 0.25) is 0 Å². The van der Waals surface area contributed by atoms with E-state index >= 15 is 0 Å². The molecular weight excluding hydrogens is 218 g/mol. The van der Waals surface area contributed by atoms with Crippen molar-refractivity contribution >= 4 is 0 Å². The molecule has 1 N–H and O–H groups in total. The molecule has 0 spiro atoms. The lowest BCUT2D eigenvalue weighted by Gasteiger charge is -2.27. The van der Waals surface area contributed by atoms with Gasteiger partial charge in [0, 0.05) is 12.6 Å². The molecule has 1 unspecified atom stereocenters. The lowest BCUT2D eigenvalue weighted by molar-refractivity contribution is -0.0359. The highest BCUT2D eigenvalue weighted by Crippen LogP contribution is 2.23. The molecule has 4 heteroatoms. The normalized spacial score (nSPS) is 28.2. The maximum Gasteiger partial charge on any atom is 0.104 e. The van der Waals surface area contributed by atoms with Gasteiger partial charge in [0.05, 0.1) is 24.9 Å². The van der Waals surface area contributed by atoms with E-state index in [1.54, 1.807) is 6.92 Å². The van der Waals surface area contributed by atoms with Crippen LogP contribution in [-0.4, -0.2) is 53.7 Å². The molecule has 0 aliphatic carbocycles. The van der Waals surface area contributed by atoms with Crippen molar-refractivity contribution in [2.45, 2.75) is 71.6 Å². The summed E-state index contributed by atoms with van der Waals surface area (Å²) in [5.41, 5.74) is 0. The standard InChI is InChI=1S/C13H27NO3/c1-9(2)16-8-12-6-13(17-10(3)4)7-14(12)11(5)15/h9-13,15H,6-8H2,1-5H3/t11?,12-,13+/m0/s1. The third kappa shape index (κ3) is 4.92. The van der Waals surface area contributed by atoms with E-state index in [2.05, 4.69) is 4.90 Å². The van der Waals surface area contributed by atoms with E-state index < -0.39 is 6.23 Å². The van der Waals surface area contributed by atoms with Gasteiger partial charge in [-0.05, 0) is 41.0 Å². The zero-order chi connectivity index (χ0) is 13.0. The monoisotopic (exact) mass is 245 g/mol. The van der Waals surface area contributed by atoms with Crippen molar-refractivity contribution in [2.75, 3.05) is 13.2 Å². The first-order valence-electron chi connectivity index (χ1n) is 6.61. The van der Waals surface area contributed by atoms with E-state index in [1.807, 2.05) is 27.7 Å². The summed E-state index contributed by atoms with van der Waals surface area (Å²) >= 11 is 0. The predicted molar refractivity (Wildman–Crippen MR) is 67.9 cm³/mol. The number of ether oxygens (including phenoxy) is 2. The molecule has 1 saturated heterocycles. The zero-order valence-electron chi connectivity index (χ0n) is 11.7. The fraction of sp³-hybridized carbons (Fsp3) is 1.00. The molecule has 0 bridgehead atoms. The number of rotatable bonds is 6. The van der Waals surface area contributed by atoms with Gasteiger partial charge < -0.3 is 14.6 Å². The number of aliphatic hydroxyl groups is 1. The third-order valence-corrected chi connectivity index (χ3v) is 2.98. The topological polar surface area (TPSA) is 41.9 Å². The van der Waals surface area contributed by atoms with E-state index in [9.17, 15) is 5.11 Å². The highest BCUT2D eigenvalue weighted by molar-refractivity contribution is 4.87. The molecule has 1 aliphatic rings. The molecular formula is C13H27NO3. The molecule has 0 radical (unpaired) electrons. The van der Waals surface area contributed by atoms with Gasteiger partial charge in [0.2, 0.25) is 0 Å². The Kier molecular flexibility index (Phi) is 5.86. The minimum atomic E-state index is -0.434. The number of aliphatic hydroxyl groups excluding tert-OH is 1. The van der Waals surface area contributed by atoms with Gasteiger partial charge in [-0.25, -0.2) is 0 Å². The van der Waals surface area contributed by atoms with Gasteiger partial charge in [0.25, 0.3) is 0 Å². The first kappa shape index (κ1) is 14.9. The molecule has 0 aromatic carbocycles. The summed E-state index contributed by atoms with van der Waals surface area (Å²) in [5, 5.41) is 9.75. The lowest BCUT2D eigenvalue weighted by Crippen LogP contribution is -2.40. The lowest BCUT2D eigenvalue weighted by atomic mass is 10.2. The second kappa shape index (κ2) is 6.69. The number of hydrogen-bond donors (Lipinski definition) is 1. The summed E-state index contributed by atoms with van der Waals surface area (Å²) < 4.78 is 11.5. The highest BCUT2D eigenvalue weighted by atomic mass is 16.5. The van der Waals surface area contributed by atoms with Crippen LogP contribution in [-0.2, 0) is 9.47 Å². The van der Waals surface area contributed by atoms with E-state index in [0.29, 0.717) is 6.61 Å². The predicted octanol–water partition coefficient (Wildman–Crippen LogP) is 1.62. The minimum absolute atomic E-state index is 0.213. The minimum Gasteiger partial charge on any atom is -0.379 e. The largest absolute Gasteiger partial charge is 0.379 e. The molecule has 17 heavy (non-hydrogen) atoms. The summed E-state index contributed by atoms with van der Waals surface area (Å²) in [6.45, 7) is 11.4. The maximum absolute atomic E-state index is 9.75. The molecule has 0 aromatic heterocycles. The van der Waals surface area contributed by atoms with Crippen molar-refractivity contribution in [1.82, 2.24) is 4.90 Å². The van der Waals surface area contributed by atoms with Crippen LogP contribution >= 0.6 is 0 Å². The van der Waals surface area contributed by atoms with Crippen molar-refractivity contribution in [3.8, 4) is 0 Å².